The van der Waals surface area contributed by atoms with Gasteiger partial charge in [0.2, 0.25) is 0 Å². The first-order valence-electron chi connectivity index (χ1n) is 4.40. The van der Waals surface area contributed by atoms with Crippen molar-refractivity contribution in [1.82, 2.24) is 0 Å². The van der Waals surface area contributed by atoms with Crippen LogP contribution < -0.4 is 5.90 Å². The van der Waals surface area contributed by atoms with Crippen molar-refractivity contribution in [3.8, 4) is 0 Å². The molecule has 1 heterocycles. The van der Waals surface area contributed by atoms with Gasteiger partial charge in [0.05, 0.1) is 19.8 Å². The Kier molecular flexibility index (Phi) is 2.59. The third-order valence-electron chi connectivity index (χ3n) is 2.29. The van der Waals surface area contributed by atoms with Crippen LogP contribution in [0.15, 0.2) is 18.2 Å². The van der Waals surface area contributed by atoms with E-state index in [0.717, 1.165) is 19.6 Å². The molecule has 3 heteroatoms. The number of hydrogen-bond donors (Lipinski definition) is 1. The smallest absolute Gasteiger partial charge is 0.0725 e. The molecule has 1 aliphatic heterocycles. The predicted molar refractivity (Wildman–Crippen MR) is 48.8 cm³/mol. The van der Waals surface area contributed by atoms with E-state index in [0.29, 0.717) is 6.61 Å². The molecule has 0 unspecified atom stereocenters. The van der Waals surface area contributed by atoms with Crippen LogP contribution in [0.2, 0.25) is 0 Å². The van der Waals surface area contributed by atoms with Gasteiger partial charge in [-0.15, -0.1) is 0 Å². The van der Waals surface area contributed by atoms with Gasteiger partial charge in [-0.2, -0.15) is 0 Å². The van der Waals surface area contributed by atoms with Crippen LogP contribution in [0.4, 0.5) is 0 Å². The lowest BCUT2D eigenvalue weighted by Crippen LogP contribution is -2.03. The van der Waals surface area contributed by atoms with Crippen molar-refractivity contribution in [3.05, 3.63) is 34.9 Å². The molecule has 0 spiro atoms. The number of fused-ring (bicyclic) bond motifs is 1. The lowest BCUT2D eigenvalue weighted by Gasteiger charge is -2.02. The van der Waals surface area contributed by atoms with E-state index in [-0.39, 0.29) is 0 Å². The Morgan fingerprint density at radius 3 is 3.00 bits per heavy atom. The lowest BCUT2D eigenvalue weighted by molar-refractivity contribution is 0.134. The van der Waals surface area contributed by atoms with Crippen LogP contribution in [0.3, 0.4) is 0 Å². The largest absolute Gasteiger partial charge is 0.372 e. The lowest BCUT2D eigenvalue weighted by atomic mass is 10.0. The van der Waals surface area contributed by atoms with Crippen LogP contribution in [0, 0.1) is 0 Å². The van der Waals surface area contributed by atoms with Gasteiger partial charge in [-0.1, -0.05) is 18.2 Å². The molecule has 2 rings (SSSR count). The van der Waals surface area contributed by atoms with Gasteiger partial charge >= 0.3 is 0 Å². The van der Waals surface area contributed by atoms with Crippen molar-refractivity contribution < 1.29 is 9.57 Å². The molecular weight excluding hydrogens is 166 g/mol. The summed E-state index contributed by atoms with van der Waals surface area (Å²) < 4.78 is 5.32. The SMILES string of the molecule is NOCCc1ccc2c(c1)COC2. The summed E-state index contributed by atoms with van der Waals surface area (Å²) in [6.45, 7) is 2.06. The van der Waals surface area contributed by atoms with Gasteiger partial charge in [0, 0.05) is 0 Å². The highest BCUT2D eigenvalue weighted by Crippen LogP contribution is 2.20. The molecule has 1 aliphatic rings. The summed E-state index contributed by atoms with van der Waals surface area (Å²) >= 11 is 0. The normalized spacial score (nSPS) is 14.5. The first kappa shape index (κ1) is 8.69. The van der Waals surface area contributed by atoms with E-state index in [9.17, 15) is 0 Å². The Hall–Kier alpha value is -0.900. The van der Waals surface area contributed by atoms with Gasteiger partial charge in [-0.3, -0.25) is 0 Å². The second kappa shape index (κ2) is 3.87. The molecule has 1 aromatic carbocycles. The van der Waals surface area contributed by atoms with Crippen LogP contribution in [0.1, 0.15) is 16.7 Å². The van der Waals surface area contributed by atoms with Crippen molar-refractivity contribution in [1.29, 1.82) is 0 Å². The molecule has 0 saturated heterocycles. The zero-order valence-corrected chi connectivity index (χ0v) is 7.45. The Morgan fingerprint density at radius 2 is 2.15 bits per heavy atom. The quantitative estimate of drug-likeness (QED) is 0.708. The van der Waals surface area contributed by atoms with Crippen molar-refractivity contribution in [2.24, 2.45) is 5.90 Å². The van der Waals surface area contributed by atoms with Gasteiger partial charge in [0.25, 0.3) is 0 Å². The summed E-state index contributed by atoms with van der Waals surface area (Å²) in [5, 5.41) is 0. The highest BCUT2D eigenvalue weighted by Gasteiger charge is 2.10. The van der Waals surface area contributed by atoms with E-state index >= 15 is 0 Å². The Bertz CT molecular complexity index is 299. The second-order valence-corrected chi connectivity index (χ2v) is 3.22. The van der Waals surface area contributed by atoms with Crippen LogP contribution in [0.5, 0.6) is 0 Å². The van der Waals surface area contributed by atoms with Crippen molar-refractivity contribution in [2.75, 3.05) is 6.61 Å². The first-order chi connectivity index (χ1) is 6.40. The van der Waals surface area contributed by atoms with E-state index < -0.39 is 0 Å². The predicted octanol–water partition coefficient (Wildman–Crippen LogP) is 1.15. The summed E-state index contributed by atoms with van der Waals surface area (Å²) in [6.07, 6.45) is 0.865. The molecule has 0 fully saturated rings. The minimum atomic E-state index is 0.569. The molecule has 2 N–H and O–H groups in total. The van der Waals surface area contributed by atoms with Gasteiger partial charge in [0.15, 0.2) is 0 Å². The molecule has 0 saturated carbocycles. The zero-order valence-electron chi connectivity index (χ0n) is 7.45. The standard InChI is InChI=1S/C10H13NO2/c11-13-4-3-8-1-2-9-6-12-7-10(9)5-8/h1-2,5H,3-4,6-7,11H2. The summed E-state index contributed by atoms with van der Waals surface area (Å²) in [4.78, 5) is 4.53. The Morgan fingerprint density at radius 1 is 1.31 bits per heavy atom. The van der Waals surface area contributed by atoms with E-state index in [1.807, 2.05) is 0 Å². The average Bonchev–Trinajstić information content (AvgIpc) is 2.61. The molecule has 1 aromatic rings. The maximum Gasteiger partial charge on any atom is 0.0725 e. The number of nitrogens with two attached hydrogens (primary N) is 1. The summed E-state index contributed by atoms with van der Waals surface area (Å²) in [5.74, 6) is 4.96. The molecular formula is C10H13NO2. The highest BCUT2D eigenvalue weighted by atomic mass is 16.6. The van der Waals surface area contributed by atoms with Gasteiger partial charge in [-0.05, 0) is 23.1 Å². The van der Waals surface area contributed by atoms with Crippen molar-refractivity contribution >= 4 is 0 Å². The van der Waals surface area contributed by atoms with Crippen LogP contribution in [-0.2, 0) is 29.2 Å². The van der Waals surface area contributed by atoms with E-state index in [1.54, 1.807) is 0 Å². The molecule has 3 nitrogen and oxygen atoms in total. The van der Waals surface area contributed by atoms with E-state index in [1.165, 1.54) is 16.7 Å². The zero-order chi connectivity index (χ0) is 9.10. The second-order valence-electron chi connectivity index (χ2n) is 3.22. The Balaban J connectivity index is 2.12. The maximum atomic E-state index is 5.32. The fourth-order valence-corrected chi connectivity index (χ4v) is 1.56. The molecule has 13 heavy (non-hydrogen) atoms. The fraction of sp³-hybridized carbons (Fsp3) is 0.400. The molecule has 0 radical (unpaired) electrons. The Labute approximate surface area is 77.4 Å². The van der Waals surface area contributed by atoms with Gasteiger partial charge < -0.3 is 9.57 Å². The molecule has 0 amide bonds. The molecule has 70 valence electrons. The maximum absolute atomic E-state index is 5.32. The number of hydrogen-bond acceptors (Lipinski definition) is 3. The minimum Gasteiger partial charge on any atom is -0.372 e. The topological polar surface area (TPSA) is 44.5 Å². The number of benzene rings is 1. The first-order valence-corrected chi connectivity index (χ1v) is 4.40. The van der Waals surface area contributed by atoms with Crippen LogP contribution >= 0.6 is 0 Å². The van der Waals surface area contributed by atoms with E-state index in [4.69, 9.17) is 10.6 Å². The van der Waals surface area contributed by atoms with Gasteiger partial charge in [0.1, 0.15) is 0 Å². The highest BCUT2D eigenvalue weighted by molar-refractivity contribution is 5.33. The van der Waals surface area contributed by atoms with Crippen LogP contribution in [0.25, 0.3) is 0 Å². The van der Waals surface area contributed by atoms with E-state index in [2.05, 4.69) is 23.0 Å². The van der Waals surface area contributed by atoms with Crippen molar-refractivity contribution in [3.63, 3.8) is 0 Å². The summed E-state index contributed by atoms with van der Waals surface area (Å²) in [6, 6.07) is 6.39. The number of rotatable bonds is 3. The van der Waals surface area contributed by atoms with Gasteiger partial charge in [-0.25, -0.2) is 5.90 Å². The molecule has 0 aromatic heterocycles. The fourth-order valence-electron chi connectivity index (χ4n) is 1.56. The third-order valence-corrected chi connectivity index (χ3v) is 2.29. The summed E-state index contributed by atoms with van der Waals surface area (Å²) in [5.41, 5.74) is 3.86. The number of ether oxygens (including phenoxy) is 1. The summed E-state index contributed by atoms with van der Waals surface area (Å²) in [7, 11) is 0. The average molecular weight is 179 g/mol. The third kappa shape index (κ3) is 1.88. The van der Waals surface area contributed by atoms with Crippen molar-refractivity contribution in [2.45, 2.75) is 19.6 Å². The molecule has 0 aliphatic carbocycles. The monoisotopic (exact) mass is 179 g/mol. The van der Waals surface area contributed by atoms with Crippen LogP contribution in [-0.4, -0.2) is 6.61 Å². The molecule has 0 bridgehead atoms. The molecule has 0 atom stereocenters. The minimum absolute atomic E-state index is 0.569.